The van der Waals surface area contributed by atoms with Crippen molar-refractivity contribution in [3.05, 3.63) is 83.3 Å². The minimum Gasteiger partial charge on any atom is -0.480 e. The Balaban J connectivity index is 0.000000172. The fourth-order valence-electron chi connectivity index (χ4n) is 3.10. The van der Waals surface area contributed by atoms with Crippen LogP contribution in [0.25, 0.3) is 33.9 Å². The molecule has 0 saturated heterocycles. The Morgan fingerprint density at radius 1 is 0.943 bits per heavy atom. The Morgan fingerprint density at radius 2 is 1.57 bits per heavy atom. The average molecular weight is 474 g/mol. The highest BCUT2D eigenvalue weighted by molar-refractivity contribution is 5.75. The van der Waals surface area contributed by atoms with E-state index in [0.717, 1.165) is 10.1 Å². The van der Waals surface area contributed by atoms with Crippen molar-refractivity contribution in [1.82, 2.24) is 29.5 Å². The smallest absolute Gasteiger partial charge is 0.328 e. The van der Waals surface area contributed by atoms with Crippen LogP contribution in [-0.2, 0) is 11.3 Å². The van der Waals surface area contributed by atoms with E-state index >= 15 is 0 Å². The molecule has 0 aliphatic rings. The molecule has 0 fully saturated rings. The maximum absolute atomic E-state index is 12.7. The molecule has 11 nitrogen and oxygen atoms in total. The van der Waals surface area contributed by atoms with Gasteiger partial charge in [-0.2, -0.15) is 0 Å². The molecule has 0 radical (unpaired) electrons. The molecule has 2 aromatic carbocycles. The second kappa shape index (κ2) is 9.79. The first-order valence-electron chi connectivity index (χ1n) is 10.2. The molecule has 0 saturated carbocycles. The lowest BCUT2D eigenvalue weighted by Crippen LogP contribution is -2.21. The first-order chi connectivity index (χ1) is 16.8. The van der Waals surface area contributed by atoms with Crippen LogP contribution in [-0.4, -0.2) is 40.6 Å². The molecule has 0 aliphatic heterocycles. The summed E-state index contributed by atoms with van der Waals surface area (Å²) in [5.74, 6) is -0.308. The average Bonchev–Trinajstić information content (AvgIpc) is 3.16. The predicted octanol–water partition coefficient (Wildman–Crippen LogP) is 2.32. The zero-order chi connectivity index (χ0) is 24.9. The second-order valence-corrected chi connectivity index (χ2v) is 7.25. The number of anilines is 2. The molecule has 0 unspecified atom stereocenters. The molecular weight excluding hydrogens is 455 g/mol. The van der Waals surface area contributed by atoms with Crippen LogP contribution in [0, 0.1) is 5.82 Å². The Labute approximate surface area is 197 Å². The fourth-order valence-corrected chi connectivity index (χ4v) is 3.10. The van der Waals surface area contributed by atoms with E-state index in [1.54, 1.807) is 12.1 Å². The van der Waals surface area contributed by atoms with Crippen LogP contribution in [0.3, 0.4) is 0 Å². The van der Waals surface area contributed by atoms with Gasteiger partial charge in [0, 0.05) is 11.1 Å². The van der Waals surface area contributed by atoms with E-state index in [1.165, 1.54) is 24.5 Å². The van der Waals surface area contributed by atoms with Crippen molar-refractivity contribution in [2.75, 3.05) is 11.5 Å². The number of fused-ring (bicyclic) bond motifs is 1. The van der Waals surface area contributed by atoms with E-state index < -0.39 is 18.2 Å². The summed E-state index contributed by atoms with van der Waals surface area (Å²) in [6, 6.07) is 15.1. The number of carboxylic acid groups (broad SMARTS) is 1. The van der Waals surface area contributed by atoms with Gasteiger partial charge in [-0.3, -0.25) is 9.36 Å². The van der Waals surface area contributed by atoms with Gasteiger partial charge in [0.1, 0.15) is 17.9 Å². The van der Waals surface area contributed by atoms with Gasteiger partial charge in [-0.1, -0.05) is 30.3 Å². The van der Waals surface area contributed by atoms with Crippen LogP contribution in [0.1, 0.15) is 0 Å². The molecule has 3 aromatic heterocycles. The van der Waals surface area contributed by atoms with Crippen LogP contribution in [0.4, 0.5) is 15.9 Å². The van der Waals surface area contributed by atoms with E-state index in [1.807, 2.05) is 30.3 Å². The summed E-state index contributed by atoms with van der Waals surface area (Å²) in [5.41, 5.74) is 13.0. The molecule has 5 rings (SSSR count). The number of imidazole rings is 1. The highest BCUT2D eigenvalue weighted by Crippen LogP contribution is 2.19. The lowest BCUT2D eigenvalue weighted by Gasteiger charge is -2.02. The molecule has 5 aromatic rings. The van der Waals surface area contributed by atoms with Crippen LogP contribution in [0.15, 0.2) is 71.8 Å². The molecular formula is C23H19FN8O3. The topological polar surface area (TPSA) is 179 Å². The van der Waals surface area contributed by atoms with Crippen LogP contribution >= 0.6 is 0 Å². The summed E-state index contributed by atoms with van der Waals surface area (Å²) >= 11 is 0. The summed E-state index contributed by atoms with van der Waals surface area (Å²) in [4.78, 5) is 41.5. The zero-order valence-corrected chi connectivity index (χ0v) is 18.1. The third-order valence-electron chi connectivity index (χ3n) is 4.79. The molecule has 0 bridgehead atoms. The fraction of sp³-hybridized carbons (Fsp3) is 0.0435. The Morgan fingerprint density at radius 3 is 2.23 bits per heavy atom. The normalized spacial score (nSPS) is 10.5. The maximum atomic E-state index is 12.7. The lowest BCUT2D eigenvalue weighted by molar-refractivity contribution is -0.137. The monoisotopic (exact) mass is 474 g/mol. The van der Waals surface area contributed by atoms with Crippen LogP contribution in [0.5, 0.6) is 0 Å². The number of aromatic nitrogens is 6. The van der Waals surface area contributed by atoms with Gasteiger partial charge in [0.25, 0.3) is 0 Å². The number of nitrogens with zero attached hydrogens (tertiary/aromatic N) is 5. The van der Waals surface area contributed by atoms with Crippen LogP contribution in [0.2, 0.25) is 0 Å². The van der Waals surface area contributed by atoms with Crippen LogP contribution < -0.4 is 17.2 Å². The van der Waals surface area contributed by atoms with Crippen molar-refractivity contribution in [2.45, 2.75) is 6.54 Å². The van der Waals surface area contributed by atoms with E-state index in [2.05, 4.69) is 24.9 Å². The molecule has 12 heteroatoms. The number of rotatable bonds is 4. The van der Waals surface area contributed by atoms with Crippen molar-refractivity contribution < 1.29 is 14.3 Å². The number of carbonyl (C=O) groups is 1. The van der Waals surface area contributed by atoms with E-state index in [-0.39, 0.29) is 17.3 Å². The number of H-pyrrole nitrogens is 1. The van der Waals surface area contributed by atoms with Crippen molar-refractivity contribution >= 4 is 28.6 Å². The maximum Gasteiger partial charge on any atom is 0.328 e. The summed E-state index contributed by atoms with van der Waals surface area (Å²) in [6.07, 6.45) is 2.91. The molecule has 6 N–H and O–H groups in total. The third-order valence-corrected chi connectivity index (χ3v) is 4.79. The standard InChI is InChI=1S/C13H10N4O3.C10H9FN4/c18-10(19)7-17-12-9(15-13(17)20)6-14-11(16-12)8-4-2-1-3-5-8;11-7-3-1-6(2-4-7)10-14-5-8(12)9(13)15-10/h1-6H,7H2,(H,15,20)(H,18,19);1-5H,12H2,(H2,13,14,15). The minimum atomic E-state index is -1.10. The van der Waals surface area contributed by atoms with Crippen molar-refractivity contribution in [2.24, 2.45) is 0 Å². The van der Waals surface area contributed by atoms with Gasteiger partial charge in [-0.25, -0.2) is 29.1 Å². The van der Waals surface area contributed by atoms with Gasteiger partial charge in [-0.15, -0.1) is 0 Å². The van der Waals surface area contributed by atoms with Gasteiger partial charge in [0.05, 0.1) is 18.1 Å². The van der Waals surface area contributed by atoms with Gasteiger partial charge in [-0.05, 0) is 24.3 Å². The number of nitrogens with one attached hydrogen (secondary N) is 1. The number of nitrogens with two attached hydrogens (primary N) is 2. The summed E-state index contributed by atoms with van der Waals surface area (Å²) in [7, 11) is 0. The first kappa shape index (κ1) is 23.0. The van der Waals surface area contributed by atoms with Crippen molar-refractivity contribution in [3.8, 4) is 22.8 Å². The molecule has 3 heterocycles. The van der Waals surface area contributed by atoms with Crippen molar-refractivity contribution in [1.29, 1.82) is 0 Å². The number of aliphatic carboxylic acids is 1. The molecule has 0 aliphatic carbocycles. The highest BCUT2D eigenvalue weighted by atomic mass is 19.1. The molecule has 176 valence electrons. The summed E-state index contributed by atoms with van der Waals surface area (Å²) in [5, 5.41) is 8.84. The molecule has 0 spiro atoms. The SMILES string of the molecule is Nc1cnc(-c2ccc(F)cc2)nc1N.O=C(O)Cn1c(=O)[nH]c2cnc(-c3ccccc3)nc21. The van der Waals surface area contributed by atoms with Crippen molar-refractivity contribution in [3.63, 3.8) is 0 Å². The summed E-state index contributed by atoms with van der Waals surface area (Å²) in [6.45, 7) is -0.440. The third kappa shape index (κ3) is 5.27. The van der Waals surface area contributed by atoms with Gasteiger partial charge < -0.3 is 21.6 Å². The Bertz CT molecular complexity index is 1550. The van der Waals surface area contributed by atoms with E-state index in [0.29, 0.717) is 28.4 Å². The van der Waals surface area contributed by atoms with Gasteiger partial charge in [0.15, 0.2) is 23.1 Å². The number of hydrogen-bond donors (Lipinski definition) is 4. The number of halogens is 1. The number of aromatic amines is 1. The Kier molecular flexibility index (Phi) is 6.44. The molecule has 0 amide bonds. The molecule has 0 atom stereocenters. The number of carboxylic acids is 1. The first-order valence-corrected chi connectivity index (χ1v) is 10.2. The Hall–Kier alpha value is -5.13. The predicted molar refractivity (Wildman–Crippen MR) is 127 cm³/mol. The summed E-state index contributed by atoms with van der Waals surface area (Å²) < 4.78 is 13.7. The van der Waals surface area contributed by atoms with E-state index in [9.17, 15) is 14.0 Å². The number of benzene rings is 2. The lowest BCUT2D eigenvalue weighted by atomic mass is 10.2. The minimum absolute atomic E-state index is 0.226. The number of hydrogen-bond acceptors (Lipinski definition) is 8. The molecule has 35 heavy (non-hydrogen) atoms. The highest BCUT2D eigenvalue weighted by Gasteiger charge is 2.13. The second-order valence-electron chi connectivity index (χ2n) is 7.25. The quantitative estimate of drug-likeness (QED) is 0.304. The van der Waals surface area contributed by atoms with E-state index in [4.69, 9.17) is 16.6 Å². The number of nitrogen functional groups attached to an aromatic ring is 2. The largest absolute Gasteiger partial charge is 0.480 e. The van der Waals surface area contributed by atoms with Gasteiger partial charge >= 0.3 is 11.7 Å². The zero-order valence-electron chi connectivity index (χ0n) is 18.1. The van der Waals surface area contributed by atoms with Gasteiger partial charge in [0.2, 0.25) is 0 Å².